The largest absolute Gasteiger partial charge is 0.478 e. The summed E-state index contributed by atoms with van der Waals surface area (Å²) in [6, 6.07) is 3.09. The van der Waals surface area contributed by atoms with Crippen molar-refractivity contribution >= 4 is 11.7 Å². The fraction of sp³-hybridized carbons (Fsp3) is 0.300. The smallest absolute Gasteiger partial charge is 0.418 e. The van der Waals surface area contributed by atoms with Crippen molar-refractivity contribution in [1.82, 2.24) is 0 Å². The van der Waals surface area contributed by atoms with Crippen LogP contribution in [-0.2, 0) is 6.18 Å². The SMILES string of the molecule is CN(C)c1c(C(=O)O)cccc1C(F)(F)F. The monoisotopic (exact) mass is 233 g/mol. The van der Waals surface area contributed by atoms with Gasteiger partial charge in [-0.1, -0.05) is 6.07 Å². The Morgan fingerprint density at radius 3 is 2.25 bits per heavy atom. The van der Waals surface area contributed by atoms with Gasteiger partial charge in [0, 0.05) is 14.1 Å². The Bertz CT molecular complexity index is 413. The van der Waals surface area contributed by atoms with E-state index in [1.807, 2.05) is 0 Å². The molecule has 88 valence electrons. The fourth-order valence-electron chi connectivity index (χ4n) is 1.43. The van der Waals surface area contributed by atoms with Gasteiger partial charge in [0.2, 0.25) is 0 Å². The molecule has 1 rings (SSSR count). The number of halogens is 3. The molecule has 1 N–H and O–H groups in total. The summed E-state index contributed by atoms with van der Waals surface area (Å²) in [5.74, 6) is -1.38. The van der Waals surface area contributed by atoms with Crippen molar-refractivity contribution in [1.29, 1.82) is 0 Å². The van der Waals surface area contributed by atoms with Crippen molar-refractivity contribution in [3.05, 3.63) is 29.3 Å². The van der Waals surface area contributed by atoms with Crippen LogP contribution < -0.4 is 4.90 Å². The second kappa shape index (κ2) is 4.03. The van der Waals surface area contributed by atoms with E-state index < -0.39 is 17.7 Å². The number of anilines is 1. The molecular formula is C10H10F3NO2. The highest BCUT2D eigenvalue weighted by atomic mass is 19.4. The van der Waals surface area contributed by atoms with Gasteiger partial charge in [0.15, 0.2) is 0 Å². The van der Waals surface area contributed by atoms with E-state index in [2.05, 4.69) is 0 Å². The second-order valence-corrected chi connectivity index (χ2v) is 3.40. The molecule has 0 aliphatic rings. The van der Waals surface area contributed by atoms with E-state index in [-0.39, 0.29) is 11.3 Å². The van der Waals surface area contributed by atoms with Crippen LogP contribution in [0.3, 0.4) is 0 Å². The highest BCUT2D eigenvalue weighted by Gasteiger charge is 2.35. The molecule has 0 fully saturated rings. The van der Waals surface area contributed by atoms with E-state index in [9.17, 15) is 18.0 Å². The summed E-state index contributed by atoms with van der Waals surface area (Å²) >= 11 is 0. The van der Waals surface area contributed by atoms with Gasteiger partial charge in [-0.25, -0.2) is 4.79 Å². The molecular weight excluding hydrogens is 223 g/mol. The van der Waals surface area contributed by atoms with Crippen molar-refractivity contribution in [2.45, 2.75) is 6.18 Å². The number of rotatable bonds is 2. The summed E-state index contributed by atoms with van der Waals surface area (Å²) < 4.78 is 37.9. The molecule has 0 amide bonds. The van der Waals surface area contributed by atoms with Crippen molar-refractivity contribution in [2.75, 3.05) is 19.0 Å². The van der Waals surface area contributed by atoms with Gasteiger partial charge in [-0.2, -0.15) is 13.2 Å². The Morgan fingerprint density at radius 2 is 1.88 bits per heavy atom. The summed E-state index contributed by atoms with van der Waals surface area (Å²) in [4.78, 5) is 12.0. The van der Waals surface area contributed by atoms with Crippen LogP contribution in [0.5, 0.6) is 0 Å². The summed E-state index contributed by atoms with van der Waals surface area (Å²) in [6.07, 6.45) is -4.56. The normalized spacial score (nSPS) is 11.3. The van der Waals surface area contributed by atoms with Crippen molar-refractivity contribution < 1.29 is 23.1 Å². The van der Waals surface area contributed by atoms with Crippen LogP contribution in [0.1, 0.15) is 15.9 Å². The van der Waals surface area contributed by atoms with Crippen LogP contribution in [0.25, 0.3) is 0 Å². The molecule has 16 heavy (non-hydrogen) atoms. The lowest BCUT2D eigenvalue weighted by Crippen LogP contribution is -2.20. The standard InChI is InChI=1S/C10H10F3NO2/c1-14(2)8-6(9(15)16)4-3-5-7(8)10(11,12)13/h3-5H,1-2H3,(H,15,16). The first-order valence-corrected chi connectivity index (χ1v) is 4.36. The van der Waals surface area contributed by atoms with Gasteiger partial charge in [-0.15, -0.1) is 0 Å². The average molecular weight is 233 g/mol. The summed E-state index contributed by atoms with van der Waals surface area (Å²) in [5, 5.41) is 8.81. The van der Waals surface area contributed by atoms with Crippen LogP contribution in [0, 0.1) is 0 Å². The molecule has 0 heterocycles. The van der Waals surface area contributed by atoms with Crippen molar-refractivity contribution in [2.24, 2.45) is 0 Å². The molecule has 0 aromatic heterocycles. The molecule has 0 bridgehead atoms. The maximum Gasteiger partial charge on any atom is 0.418 e. The Balaban J connectivity index is 3.51. The number of aromatic carboxylic acids is 1. The molecule has 6 heteroatoms. The van der Waals surface area contributed by atoms with Gasteiger partial charge in [0.05, 0.1) is 16.8 Å². The van der Waals surface area contributed by atoms with Gasteiger partial charge < -0.3 is 10.0 Å². The molecule has 0 atom stereocenters. The molecule has 1 aromatic carbocycles. The molecule has 0 aliphatic heterocycles. The lowest BCUT2D eigenvalue weighted by Gasteiger charge is -2.21. The highest BCUT2D eigenvalue weighted by Crippen LogP contribution is 2.37. The first-order valence-electron chi connectivity index (χ1n) is 4.36. The third-order valence-corrected chi connectivity index (χ3v) is 2.02. The minimum Gasteiger partial charge on any atom is -0.478 e. The molecule has 3 nitrogen and oxygen atoms in total. The maximum absolute atomic E-state index is 12.6. The number of alkyl halides is 3. The van der Waals surface area contributed by atoms with E-state index in [0.717, 1.165) is 23.1 Å². The van der Waals surface area contributed by atoms with Gasteiger partial charge >= 0.3 is 12.1 Å². The van der Waals surface area contributed by atoms with Crippen LogP contribution >= 0.6 is 0 Å². The van der Waals surface area contributed by atoms with Crippen LogP contribution in [0.2, 0.25) is 0 Å². The Hall–Kier alpha value is -1.72. The van der Waals surface area contributed by atoms with Gasteiger partial charge in [0.25, 0.3) is 0 Å². The zero-order valence-electron chi connectivity index (χ0n) is 8.67. The number of nitrogens with zero attached hydrogens (tertiary/aromatic N) is 1. The summed E-state index contributed by atoms with van der Waals surface area (Å²) in [5.41, 5.74) is -1.64. The minimum absolute atomic E-state index is 0.331. The van der Waals surface area contributed by atoms with Crippen molar-refractivity contribution in [3.8, 4) is 0 Å². The fourth-order valence-corrected chi connectivity index (χ4v) is 1.43. The molecule has 0 radical (unpaired) electrons. The molecule has 0 spiro atoms. The quantitative estimate of drug-likeness (QED) is 0.853. The Morgan fingerprint density at radius 1 is 1.31 bits per heavy atom. The van der Waals surface area contributed by atoms with Gasteiger partial charge in [-0.05, 0) is 12.1 Å². The second-order valence-electron chi connectivity index (χ2n) is 3.40. The molecule has 0 saturated carbocycles. The molecule has 1 aromatic rings. The summed E-state index contributed by atoms with van der Waals surface area (Å²) in [7, 11) is 2.74. The third-order valence-electron chi connectivity index (χ3n) is 2.02. The number of para-hydroxylation sites is 1. The highest BCUT2D eigenvalue weighted by molar-refractivity contribution is 5.95. The molecule has 0 aliphatic carbocycles. The Labute approximate surface area is 90.1 Å². The van der Waals surface area contributed by atoms with E-state index in [4.69, 9.17) is 5.11 Å². The topological polar surface area (TPSA) is 40.5 Å². The van der Waals surface area contributed by atoms with E-state index in [1.54, 1.807) is 0 Å². The first-order chi connectivity index (χ1) is 7.25. The zero-order chi connectivity index (χ0) is 12.5. The first kappa shape index (κ1) is 12.4. The predicted octanol–water partition coefficient (Wildman–Crippen LogP) is 2.47. The number of benzene rings is 1. The molecule has 0 unspecified atom stereocenters. The van der Waals surface area contributed by atoms with Gasteiger partial charge in [-0.3, -0.25) is 0 Å². The van der Waals surface area contributed by atoms with Crippen molar-refractivity contribution in [3.63, 3.8) is 0 Å². The lowest BCUT2D eigenvalue weighted by atomic mass is 10.1. The number of carboxylic acids is 1. The molecule has 0 saturated heterocycles. The van der Waals surface area contributed by atoms with Gasteiger partial charge in [0.1, 0.15) is 0 Å². The van der Waals surface area contributed by atoms with Crippen LogP contribution in [-0.4, -0.2) is 25.2 Å². The zero-order valence-corrected chi connectivity index (χ0v) is 8.67. The number of hydrogen-bond acceptors (Lipinski definition) is 2. The number of carboxylic acid groups (broad SMARTS) is 1. The average Bonchev–Trinajstić information content (AvgIpc) is 2.14. The van der Waals surface area contributed by atoms with Crippen LogP contribution in [0.4, 0.5) is 18.9 Å². The Kier molecular flexibility index (Phi) is 3.11. The van der Waals surface area contributed by atoms with Crippen LogP contribution in [0.15, 0.2) is 18.2 Å². The lowest BCUT2D eigenvalue weighted by molar-refractivity contribution is -0.137. The summed E-state index contributed by atoms with van der Waals surface area (Å²) in [6.45, 7) is 0. The third kappa shape index (κ3) is 2.26. The number of carbonyl (C=O) groups is 1. The predicted molar refractivity (Wildman–Crippen MR) is 52.7 cm³/mol. The van der Waals surface area contributed by atoms with E-state index >= 15 is 0 Å². The maximum atomic E-state index is 12.6. The minimum atomic E-state index is -4.56. The van der Waals surface area contributed by atoms with E-state index in [0.29, 0.717) is 0 Å². The van der Waals surface area contributed by atoms with E-state index in [1.165, 1.54) is 14.1 Å². The number of hydrogen-bond donors (Lipinski definition) is 1.